The molecule has 1 aliphatic rings. The van der Waals surface area contributed by atoms with Crippen molar-refractivity contribution in [3.8, 4) is 0 Å². The maximum Gasteiger partial charge on any atom is 0 e. The molecule has 0 spiro atoms. The van der Waals surface area contributed by atoms with Gasteiger partial charge >= 0.3 is 0 Å². The first kappa shape index (κ1) is 39.5. The van der Waals surface area contributed by atoms with Crippen molar-refractivity contribution in [3.05, 3.63) is 137 Å². The van der Waals surface area contributed by atoms with E-state index in [0.29, 0.717) is 0 Å². The predicted molar refractivity (Wildman–Crippen MR) is 143 cm³/mol. The van der Waals surface area contributed by atoms with E-state index in [1.807, 2.05) is 26.2 Å². The van der Waals surface area contributed by atoms with E-state index in [0.717, 1.165) is 6.42 Å². The first-order valence-electron chi connectivity index (χ1n) is 8.94. The number of nitrogens with one attached hydrogen (secondary N) is 1. The number of rotatable bonds is 3. The Balaban J connectivity index is -0.000000150. The molecular formula is C29H42NTi-5. The molecule has 1 N–H and O–H groups in total. The first-order chi connectivity index (χ1) is 12.7. The molecule has 2 aromatic rings. The molecule has 0 aliphatic heterocycles. The summed E-state index contributed by atoms with van der Waals surface area (Å²) < 4.78 is 0. The van der Waals surface area contributed by atoms with Gasteiger partial charge in [-0.1, -0.05) is 84.0 Å². The molecule has 2 aromatic carbocycles. The van der Waals surface area contributed by atoms with Gasteiger partial charge in [-0.05, 0) is 39.1 Å². The number of allylic oxidation sites excluding steroid dienone is 6. The van der Waals surface area contributed by atoms with Gasteiger partial charge in [-0.3, -0.25) is 6.08 Å². The molecule has 172 valence electrons. The first-order valence-corrected chi connectivity index (χ1v) is 8.94. The second-order valence-electron chi connectivity index (χ2n) is 6.04. The molecule has 0 heterocycles. The van der Waals surface area contributed by atoms with Crippen LogP contribution in [0.1, 0.15) is 28.7 Å². The van der Waals surface area contributed by atoms with Crippen LogP contribution in [0.15, 0.2) is 78.9 Å². The van der Waals surface area contributed by atoms with Crippen molar-refractivity contribution in [2.24, 2.45) is 0 Å². The number of hydrogen-bond acceptors (Lipinski definition) is 1. The zero-order valence-corrected chi connectivity index (χ0v) is 22.4. The van der Waals surface area contributed by atoms with Gasteiger partial charge in [0.25, 0.3) is 0 Å². The van der Waals surface area contributed by atoms with Gasteiger partial charge in [-0.15, -0.1) is 6.42 Å². The molecule has 1 aliphatic carbocycles. The minimum atomic E-state index is 0. The molecule has 2 heteroatoms. The smallest absolute Gasteiger partial charge is 0 e. The van der Waals surface area contributed by atoms with Gasteiger partial charge in [0.15, 0.2) is 0 Å². The minimum Gasteiger partial charge on any atom is -0.358 e. The molecule has 0 amide bonds. The van der Waals surface area contributed by atoms with Crippen molar-refractivity contribution in [2.75, 3.05) is 14.1 Å². The second-order valence-corrected chi connectivity index (χ2v) is 6.04. The predicted octanol–water partition coefficient (Wildman–Crippen LogP) is 7.97. The zero-order valence-electron chi connectivity index (χ0n) is 20.9. The van der Waals surface area contributed by atoms with Crippen LogP contribution in [0.2, 0.25) is 0 Å². The Morgan fingerprint density at radius 1 is 0.710 bits per heavy atom. The van der Waals surface area contributed by atoms with Gasteiger partial charge in [0.1, 0.15) is 0 Å². The topological polar surface area (TPSA) is 12.0 Å². The molecule has 3 rings (SSSR count). The monoisotopic (exact) mass is 452 g/mol. The summed E-state index contributed by atoms with van der Waals surface area (Å²) in [7, 11) is 3.75. The SMILES string of the molecule is CNC.Cc1ccc(C=CC=Cc2ccc(C)cc2)cc1.[C-]1=CC=CC1.[CH3-].[CH3-].[CH3-].[CH3-].[Ti]. The summed E-state index contributed by atoms with van der Waals surface area (Å²) in [6.07, 6.45) is 18.4. The zero-order chi connectivity index (χ0) is 19.0. The van der Waals surface area contributed by atoms with Crippen molar-refractivity contribution < 1.29 is 21.7 Å². The van der Waals surface area contributed by atoms with Crippen LogP contribution >= 0.6 is 0 Å². The van der Waals surface area contributed by atoms with Crippen molar-refractivity contribution in [3.63, 3.8) is 0 Å². The van der Waals surface area contributed by atoms with Crippen LogP contribution in [-0.4, -0.2) is 14.1 Å². The van der Waals surface area contributed by atoms with Crippen LogP contribution in [0.25, 0.3) is 12.2 Å². The molecule has 0 saturated carbocycles. The fourth-order valence-corrected chi connectivity index (χ4v) is 2.03. The Morgan fingerprint density at radius 3 is 1.29 bits per heavy atom. The van der Waals surface area contributed by atoms with Crippen LogP contribution in [0, 0.1) is 49.6 Å². The number of hydrogen-bond donors (Lipinski definition) is 1. The summed E-state index contributed by atoms with van der Waals surface area (Å²) in [4.78, 5) is 0. The summed E-state index contributed by atoms with van der Waals surface area (Å²) in [6.45, 7) is 4.20. The van der Waals surface area contributed by atoms with E-state index in [2.05, 4.69) is 104 Å². The largest absolute Gasteiger partial charge is 0.358 e. The van der Waals surface area contributed by atoms with Crippen LogP contribution in [0.3, 0.4) is 0 Å². The van der Waals surface area contributed by atoms with Gasteiger partial charge in [0, 0.05) is 21.7 Å². The van der Waals surface area contributed by atoms with Gasteiger partial charge in [-0.25, -0.2) is 12.2 Å². The van der Waals surface area contributed by atoms with Gasteiger partial charge in [0.05, 0.1) is 0 Å². The van der Waals surface area contributed by atoms with Gasteiger partial charge < -0.3 is 35.0 Å². The van der Waals surface area contributed by atoms with E-state index in [-0.39, 0.29) is 51.4 Å². The third-order valence-electron chi connectivity index (χ3n) is 3.43. The summed E-state index contributed by atoms with van der Waals surface area (Å²) in [5.41, 5.74) is 5.05. The molecule has 0 bridgehead atoms. The Labute approximate surface area is 210 Å². The van der Waals surface area contributed by atoms with Crippen molar-refractivity contribution in [1.82, 2.24) is 5.32 Å². The molecule has 0 unspecified atom stereocenters. The molecule has 0 radical (unpaired) electrons. The van der Waals surface area contributed by atoms with Crippen LogP contribution < -0.4 is 5.32 Å². The van der Waals surface area contributed by atoms with Crippen LogP contribution in [0.5, 0.6) is 0 Å². The fraction of sp³-hybridized carbons (Fsp3) is 0.172. The van der Waals surface area contributed by atoms with E-state index in [1.54, 1.807) is 0 Å². The van der Waals surface area contributed by atoms with E-state index >= 15 is 0 Å². The molecule has 1 nitrogen and oxygen atoms in total. The number of aryl methyl sites for hydroxylation is 2. The fourth-order valence-electron chi connectivity index (χ4n) is 2.03. The average molecular weight is 453 g/mol. The second kappa shape index (κ2) is 26.1. The van der Waals surface area contributed by atoms with Crippen molar-refractivity contribution >= 4 is 12.2 Å². The summed E-state index contributed by atoms with van der Waals surface area (Å²) in [5, 5.41) is 2.75. The molecular weight excluding hydrogens is 410 g/mol. The Hall–Kier alpha value is -1.93. The average Bonchev–Trinajstić information content (AvgIpc) is 3.22. The van der Waals surface area contributed by atoms with E-state index < -0.39 is 0 Å². The molecule has 0 aromatic heterocycles. The molecule has 31 heavy (non-hydrogen) atoms. The minimum absolute atomic E-state index is 0. The Kier molecular flexibility index (Phi) is 33.3. The Bertz CT molecular complexity index is 657. The normalized spacial score (nSPS) is 10.1. The van der Waals surface area contributed by atoms with E-state index in [1.165, 1.54) is 22.3 Å². The number of benzene rings is 2. The van der Waals surface area contributed by atoms with Crippen molar-refractivity contribution in [2.45, 2.75) is 20.3 Å². The quantitative estimate of drug-likeness (QED) is 0.283. The van der Waals surface area contributed by atoms with E-state index in [4.69, 9.17) is 0 Å². The van der Waals surface area contributed by atoms with Crippen molar-refractivity contribution in [1.29, 1.82) is 0 Å². The standard InChI is InChI=1S/C18H18.C5H5.C2H7N.4CH3.Ti/c1-15-7-11-17(12-8-15)5-3-4-6-18-13-9-16(2)10-14-18;1-2-4-5-3-1;1-3-2;;;;;/h3-14H,1-2H3;1-3H,4H2;3H,1-2H3;4*1H3;/q;-1;;4*-1;. The summed E-state index contributed by atoms with van der Waals surface area (Å²) >= 11 is 0. The molecule has 0 saturated heterocycles. The van der Waals surface area contributed by atoms with Crippen LogP contribution in [-0.2, 0) is 21.7 Å². The maximum atomic E-state index is 2.99. The third kappa shape index (κ3) is 21.1. The maximum absolute atomic E-state index is 2.99. The Morgan fingerprint density at radius 2 is 1.06 bits per heavy atom. The van der Waals surface area contributed by atoms with Gasteiger partial charge in [-0.2, -0.15) is 6.08 Å². The summed E-state index contributed by atoms with van der Waals surface area (Å²) in [5.74, 6) is 0. The third-order valence-corrected chi connectivity index (χ3v) is 3.43. The molecule has 0 atom stereocenters. The molecule has 0 fully saturated rings. The summed E-state index contributed by atoms with van der Waals surface area (Å²) in [6, 6.07) is 17.0. The van der Waals surface area contributed by atoms with E-state index in [9.17, 15) is 0 Å². The van der Waals surface area contributed by atoms with Crippen LogP contribution in [0.4, 0.5) is 0 Å². The van der Waals surface area contributed by atoms with Gasteiger partial charge in [0.2, 0.25) is 0 Å².